The molecule has 3 aliphatic rings. The largest absolute Gasteiger partial charge is 0.372 e. The third kappa shape index (κ3) is 4.34. The van der Waals surface area contributed by atoms with Crippen LogP contribution in [0.2, 0.25) is 0 Å². The van der Waals surface area contributed by atoms with Crippen molar-refractivity contribution in [1.29, 1.82) is 0 Å². The number of hydrogen-bond acceptors (Lipinski definition) is 3. The Morgan fingerprint density at radius 3 is 2.19 bits per heavy atom. The molecule has 2 atom stereocenters. The molecule has 2 aromatic carbocycles. The van der Waals surface area contributed by atoms with Gasteiger partial charge >= 0.3 is 0 Å². The SMILES string of the molecule is COC(OC)C1CCN(c2ccc([C@H]3c4ccccc4CC[C@H]3C3CCCC3)cc2)CC1. The molecule has 5 rings (SSSR count). The molecule has 0 spiro atoms. The summed E-state index contributed by atoms with van der Waals surface area (Å²) in [7, 11) is 3.50. The Labute approximate surface area is 194 Å². The fourth-order valence-electron chi connectivity index (χ4n) is 6.91. The first-order valence-corrected chi connectivity index (χ1v) is 12.8. The van der Waals surface area contributed by atoms with Gasteiger partial charge in [-0.25, -0.2) is 0 Å². The second kappa shape index (κ2) is 9.97. The molecule has 0 N–H and O–H groups in total. The zero-order valence-electron chi connectivity index (χ0n) is 19.8. The molecule has 0 aromatic heterocycles. The van der Waals surface area contributed by atoms with Gasteiger partial charge in [-0.3, -0.25) is 0 Å². The van der Waals surface area contributed by atoms with Crippen molar-refractivity contribution in [3.63, 3.8) is 0 Å². The Bertz CT molecular complexity index is 861. The predicted octanol–water partition coefficient (Wildman–Crippen LogP) is 6.41. The van der Waals surface area contributed by atoms with Gasteiger partial charge in [-0.05, 0) is 66.3 Å². The zero-order chi connectivity index (χ0) is 21.9. The van der Waals surface area contributed by atoms with Crippen molar-refractivity contribution in [2.24, 2.45) is 17.8 Å². The summed E-state index contributed by atoms with van der Waals surface area (Å²) in [4.78, 5) is 2.53. The Balaban J connectivity index is 1.34. The van der Waals surface area contributed by atoms with Crippen molar-refractivity contribution in [3.05, 3.63) is 65.2 Å². The average molecular weight is 434 g/mol. The lowest BCUT2D eigenvalue weighted by Gasteiger charge is -2.38. The Morgan fingerprint density at radius 1 is 0.812 bits per heavy atom. The summed E-state index contributed by atoms with van der Waals surface area (Å²) in [6.07, 6.45) is 10.5. The molecule has 1 saturated heterocycles. The van der Waals surface area contributed by atoms with Crippen LogP contribution in [0, 0.1) is 17.8 Å². The third-order valence-electron chi connectivity index (χ3n) is 8.58. The van der Waals surface area contributed by atoms with E-state index in [2.05, 4.69) is 53.4 Å². The van der Waals surface area contributed by atoms with E-state index in [1.807, 2.05) is 0 Å². The molecule has 2 aromatic rings. The lowest BCUT2D eigenvalue weighted by Crippen LogP contribution is -2.39. The maximum Gasteiger partial charge on any atom is 0.159 e. The summed E-state index contributed by atoms with van der Waals surface area (Å²) in [6, 6.07) is 18.9. The Kier molecular flexibility index (Phi) is 6.85. The van der Waals surface area contributed by atoms with Crippen molar-refractivity contribution < 1.29 is 9.47 Å². The van der Waals surface area contributed by atoms with Gasteiger partial charge in [0.05, 0.1) is 0 Å². The highest BCUT2D eigenvalue weighted by Crippen LogP contribution is 2.48. The molecule has 32 heavy (non-hydrogen) atoms. The number of benzene rings is 2. The van der Waals surface area contributed by atoms with Crippen LogP contribution in [0.1, 0.15) is 67.6 Å². The molecule has 1 heterocycles. The van der Waals surface area contributed by atoms with Crippen LogP contribution in [-0.2, 0) is 15.9 Å². The number of hydrogen-bond donors (Lipinski definition) is 0. The number of piperidine rings is 1. The molecule has 3 nitrogen and oxygen atoms in total. The van der Waals surface area contributed by atoms with Gasteiger partial charge in [-0.15, -0.1) is 0 Å². The van der Waals surface area contributed by atoms with Gasteiger partial charge in [0.15, 0.2) is 6.29 Å². The van der Waals surface area contributed by atoms with Crippen LogP contribution in [0.25, 0.3) is 0 Å². The lowest BCUT2D eigenvalue weighted by atomic mass is 9.66. The second-order valence-corrected chi connectivity index (χ2v) is 10.2. The highest BCUT2D eigenvalue weighted by atomic mass is 16.7. The molecular formula is C29H39NO2. The van der Waals surface area contributed by atoms with Crippen molar-refractivity contribution >= 4 is 5.69 Å². The summed E-state index contributed by atoms with van der Waals surface area (Å²) in [5.74, 6) is 2.76. The van der Waals surface area contributed by atoms with E-state index in [-0.39, 0.29) is 6.29 Å². The normalized spacial score (nSPS) is 24.8. The van der Waals surface area contributed by atoms with Gasteiger partial charge in [0.2, 0.25) is 0 Å². The fourth-order valence-corrected chi connectivity index (χ4v) is 6.91. The second-order valence-electron chi connectivity index (χ2n) is 10.2. The fraction of sp³-hybridized carbons (Fsp3) is 0.586. The highest BCUT2D eigenvalue weighted by molar-refractivity contribution is 5.50. The Morgan fingerprint density at radius 2 is 1.50 bits per heavy atom. The number of methoxy groups -OCH3 is 2. The van der Waals surface area contributed by atoms with Crippen LogP contribution in [0.3, 0.4) is 0 Å². The van der Waals surface area contributed by atoms with Crippen LogP contribution in [0.15, 0.2) is 48.5 Å². The molecule has 1 saturated carbocycles. The van der Waals surface area contributed by atoms with E-state index in [4.69, 9.17) is 9.47 Å². The third-order valence-corrected chi connectivity index (χ3v) is 8.58. The van der Waals surface area contributed by atoms with Crippen molar-refractivity contribution in [2.45, 2.75) is 63.6 Å². The molecule has 0 amide bonds. The monoisotopic (exact) mass is 433 g/mol. The van der Waals surface area contributed by atoms with Gasteiger partial charge < -0.3 is 14.4 Å². The van der Waals surface area contributed by atoms with Crippen LogP contribution >= 0.6 is 0 Å². The van der Waals surface area contributed by atoms with Crippen LogP contribution in [0.4, 0.5) is 5.69 Å². The van der Waals surface area contributed by atoms with Gasteiger partial charge in [-0.1, -0.05) is 62.1 Å². The first-order chi connectivity index (χ1) is 15.8. The number of aryl methyl sites for hydroxylation is 1. The van der Waals surface area contributed by atoms with Gasteiger partial charge in [0, 0.05) is 44.8 Å². The van der Waals surface area contributed by atoms with E-state index in [9.17, 15) is 0 Å². The smallest absolute Gasteiger partial charge is 0.159 e. The summed E-state index contributed by atoms with van der Waals surface area (Å²) in [6.45, 7) is 2.15. The van der Waals surface area contributed by atoms with Gasteiger partial charge in [0.1, 0.15) is 0 Å². The van der Waals surface area contributed by atoms with Gasteiger partial charge in [0.25, 0.3) is 0 Å². The molecule has 1 aliphatic heterocycles. The predicted molar refractivity (Wildman–Crippen MR) is 131 cm³/mol. The van der Waals surface area contributed by atoms with E-state index in [0.717, 1.165) is 37.8 Å². The molecule has 2 aliphatic carbocycles. The Hall–Kier alpha value is -1.84. The quantitative estimate of drug-likeness (QED) is 0.492. The molecule has 0 radical (unpaired) electrons. The molecule has 2 fully saturated rings. The standard InChI is InChI=1S/C29H39NO2/c1-31-29(32-2)24-17-19-30(20-18-24)25-14-11-23(12-15-25)28-26-10-6-5-9-22(26)13-16-27(28)21-7-3-4-8-21/h5-6,9-12,14-15,21,24,27-29H,3-4,7-8,13,16-20H2,1-2H3/t27-,28-/m0/s1. The van der Waals surface area contributed by atoms with Crippen molar-refractivity contribution in [3.8, 4) is 0 Å². The van der Waals surface area contributed by atoms with E-state index in [0.29, 0.717) is 11.8 Å². The van der Waals surface area contributed by atoms with Crippen LogP contribution in [-0.4, -0.2) is 33.6 Å². The first-order valence-electron chi connectivity index (χ1n) is 12.8. The maximum atomic E-state index is 5.50. The minimum Gasteiger partial charge on any atom is -0.372 e. The number of ether oxygens (including phenoxy) is 2. The highest BCUT2D eigenvalue weighted by Gasteiger charge is 2.37. The lowest BCUT2D eigenvalue weighted by molar-refractivity contribution is -0.141. The molecule has 0 bridgehead atoms. The average Bonchev–Trinajstić information content (AvgIpc) is 3.40. The summed E-state index contributed by atoms with van der Waals surface area (Å²) >= 11 is 0. The van der Waals surface area contributed by atoms with Crippen molar-refractivity contribution in [1.82, 2.24) is 0 Å². The van der Waals surface area contributed by atoms with E-state index in [1.165, 1.54) is 49.8 Å². The number of rotatable bonds is 6. The molecule has 0 unspecified atom stereocenters. The maximum absolute atomic E-state index is 5.50. The summed E-state index contributed by atoms with van der Waals surface area (Å²) in [5, 5.41) is 0. The summed E-state index contributed by atoms with van der Waals surface area (Å²) < 4.78 is 11.0. The van der Waals surface area contributed by atoms with E-state index in [1.54, 1.807) is 25.3 Å². The minimum atomic E-state index is -0.0709. The van der Waals surface area contributed by atoms with E-state index >= 15 is 0 Å². The molecule has 3 heteroatoms. The molecular weight excluding hydrogens is 394 g/mol. The zero-order valence-corrected chi connectivity index (χ0v) is 19.8. The van der Waals surface area contributed by atoms with Crippen LogP contribution in [0.5, 0.6) is 0 Å². The first kappa shape index (κ1) is 22.0. The number of nitrogens with zero attached hydrogens (tertiary/aromatic N) is 1. The molecule has 172 valence electrons. The minimum absolute atomic E-state index is 0.0709. The van der Waals surface area contributed by atoms with Gasteiger partial charge in [-0.2, -0.15) is 0 Å². The van der Waals surface area contributed by atoms with E-state index < -0.39 is 0 Å². The van der Waals surface area contributed by atoms with Crippen LogP contribution < -0.4 is 4.90 Å². The topological polar surface area (TPSA) is 21.7 Å². The van der Waals surface area contributed by atoms with Crippen molar-refractivity contribution in [2.75, 3.05) is 32.2 Å². The number of anilines is 1. The summed E-state index contributed by atoms with van der Waals surface area (Å²) in [5.41, 5.74) is 6.05. The number of fused-ring (bicyclic) bond motifs is 1.